The van der Waals surface area contributed by atoms with Gasteiger partial charge in [0.2, 0.25) is 0 Å². The second kappa shape index (κ2) is 13.5. The predicted molar refractivity (Wildman–Crippen MR) is 97.4 cm³/mol. The van der Waals surface area contributed by atoms with E-state index in [0.717, 1.165) is 5.92 Å². The lowest BCUT2D eigenvalue weighted by Gasteiger charge is -2.08. The fraction of sp³-hybridized carbons (Fsp3) is 0.944. The summed E-state index contributed by atoms with van der Waals surface area (Å²) in [4.78, 5) is 0. The Labute approximate surface area is 156 Å². The molecule has 1 unspecified atom stereocenters. The van der Waals surface area contributed by atoms with E-state index >= 15 is 0 Å². The fourth-order valence-corrected chi connectivity index (χ4v) is 2.87. The topological polar surface area (TPSA) is 60.2 Å². The van der Waals surface area contributed by atoms with Gasteiger partial charge in [-0.25, -0.2) is 13.0 Å². The smallest absolute Gasteiger partial charge is 0.485 e. The molecule has 0 aromatic heterocycles. The zero-order valence-electron chi connectivity index (χ0n) is 16.1. The summed E-state index contributed by atoms with van der Waals surface area (Å²) in [5, 5.41) is 0. The minimum absolute atomic E-state index is 0.827. The van der Waals surface area contributed by atoms with E-state index in [4.69, 9.17) is 13.0 Å². The highest BCUT2D eigenvalue weighted by Gasteiger charge is 2.36. The van der Waals surface area contributed by atoms with E-state index in [1.807, 2.05) is 0 Å². The van der Waals surface area contributed by atoms with Gasteiger partial charge in [0.1, 0.15) is 19.3 Å². The highest BCUT2D eigenvalue weighted by Crippen LogP contribution is 2.20. The van der Waals surface area contributed by atoms with Crippen LogP contribution in [-0.2, 0) is 10.1 Å². The van der Waals surface area contributed by atoms with Crippen LogP contribution in [0.15, 0.2) is 0 Å². The lowest BCUT2D eigenvalue weighted by atomic mass is 10.1. The molecule has 0 aromatic rings. The zero-order valence-corrected chi connectivity index (χ0v) is 16.9. The van der Waals surface area contributed by atoms with Crippen LogP contribution in [0.1, 0.15) is 84.5 Å². The molecule has 0 amide bonds. The second-order valence-electron chi connectivity index (χ2n) is 7.03. The fourth-order valence-electron chi connectivity index (χ4n) is 2.87. The molecule has 1 atom stereocenters. The first-order valence-corrected chi connectivity index (χ1v) is 11.1. The lowest BCUT2D eigenvalue weighted by Crippen LogP contribution is -2.21. The number of hydrogen-bond donors (Lipinski definition) is 0. The Hall–Kier alpha value is -0.630. The summed E-state index contributed by atoms with van der Waals surface area (Å²) in [5.41, 5.74) is -5.65. The summed E-state index contributed by atoms with van der Waals surface area (Å²) in [6.07, 6.45) is 18.2. The van der Waals surface area contributed by atoms with Gasteiger partial charge < -0.3 is 4.55 Å². The van der Waals surface area contributed by atoms with E-state index in [9.17, 15) is 13.2 Å². The Morgan fingerprint density at radius 2 is 1.42 bits per heavy atom. The van der Waals surface area contributed by atoms with Gasteiger partial charge in [0.15, 0.2) is 10.1 Å². The molecule has 156 valence electrons. The Morgan fingerprint density at radius 1 is 1.00 bits per heavy atom. The van der Waals surface area contributed by atoms with E-state index in [-0.39, 0.29) is 0 Å². The summed E-state index contributed by atoms with van der Waals surface area (Å²) in [5.74, 6) is 0.827. The molecule has 1 heterocycles. The first-order valence-electron chi connectivity index (χ1n) is 9.69. The van der Waals surface area contributed by atoms with Crippen LogP contribution in [0.25, 0.3) is 0 Å². The van der Waals surface area contributed by atoms with Gasteiger partial charge in [-0.2, -0.15) is 13.2 Å². The van der Waals surface area contributed by atoms with Crippen LogP contribution in [0.2, 0.25) is 0 Å². The molecule has 0 saturated heterocycles. The average Bonchev–Trinajstić information content (AvgIpc) is 2.93. The van der Waals surface area contributed by atoms with Crippen molar-refractivity contribution in [2.45, 2.75) is 90.0 Å². The number of hydrogen-bond acceptors (Lipinski definition) is 3. The quantitative estimate of drug-likeness (QED) is 0.210. The molecule has 0 bridgehead atoms. The number of nitrogens with zero attached hydrogens (tertiary/aromatic N) is 1. The molecule has 0 radical (unpaired) electrons. The van der Waals surface area contributed by atoms with Crippen LogP contribution in [0, 0.1) is 5.92 Å². The van der Waals surface area contributed by atoms with Crippen molar-refractivity contribution in [3.63, 3.8) is 0 Å². The molecule has 8 heteroatoms. The highest BCUT2D eigenvalue weighted by atomic mass is 32.2. The monoisotopic (exact) mass is 401 g/mol. The first-order chi connectivity index (χ1) is 12.1. The molecule has 0 saturated carbocycles. The van der Waals surface area contributed by atoms with Crippen molar-refractivity contribution < 1.29 is 30.7 Å². The van der Waals surface area contributed by atoms with E-state index in [0.29, 0.717) is 0 Å². The number of halogens is 3. The number of alkyl halides is 3. The lowest BCUT2D eigenvalue weighted by molar-refractivity contribution is -0.516. The number of rotatable bonds is 11. The third-order valence-electron chi connectivity index (χ3n) is 4.42. The Kier molecular flexibility index (Phi) is 13.2. The van der Waals surface area contributed by atoms with Crippen LogP contribution in [-0.4, -0.2) is 42.4 Å². The maximum Gasteiger partial charge on any atom is 0.485 e. The minimum atomic E-state index is -6.09. The van der Waals surface area contributed by atoms with E-state index < -0.39 is 15.6 Å². The van der Waals surface area contributed by atoms with Gasteiger partial charge in [-0.3, -0.25) is 0 Å². The molecule has 0 spiro atoms. The molecular weight excluding hydrogens is 367 g/mol. The van der Waals surface area contributed by atoms with E-state index in [1.165, 1.54) is 83.7 Å². The van der Waals surface area contributed by atoms with Gasteiger partial charge in [0, 0.05) is 18.8 Å². The van der Waals surface area contributed by atoms with Crippen LogP contribution < -0.4 is 0 Å². The summed E-state index contributed by atoms with van der Waals surface area (Å²) < 4.78 is 61.4. The minimum Gasteiger partial charge on any atom is -0.741 e. The van der Waals surface area contributed by atoms with Crippen molar-refractivity contribution >= 4 is 16.3 Å². The normalized spacial score (nSPS) is 17.6. The highest BCUT2D eigenvalue weighted by molar-refractivity contribution is 7.86. The molecule has 1 aliphatic heterocycles. The van der Waals surface area contributed by atoms with Gasteiger partial charge in [0.25, 0.3) is 0 Å². The number of unbranched alkanes of at least 4 members (excludes halogenated alkanes) is 9. The molecule has 4 nitrogen and oxygen atoms in total. The molecule has 26 heavy (non-hydrogen) atoms. The molecule has 0 fully saturated rings. The van der Waals surface area contributed by atoms with Crippen molar-refractivity contribution in [1.29, 1.82) is 0 Å². The van der Waals surface area contributed by atoms with Gasteiger partial charge in [-0.05, 0) is 6.42 Å². The van der Waals surface area contributed by atoms with Crippen LogP contribution >= 0.6 is 0 Å². The Morgan fingerprint density at radius 3 is 1.77 bits per heavy atom. The third kappa shape index (κ3) is 13.6. The molecule has 1 aliphatic rings. The molecule has 0 aromatic carbocycles. The van der Waals surface area contributed by atoms with Gasteiger partial charge >= 0.3 is 5.51 Å². The SMILES string of the molecule is CCCCCCCCCCCC[N+]1=CC(C)CC1.O=S(=O)([O-])C(F)(F)F. The van der Waals surface area contributed by atoms with Crippen LogP contribution in [0.3, 0.4) is 0 Å². The second-order valence-corrected chi connectivity index (χ2v) is 8.40. The first kappa shape index (κ1) is 25.4. The predicted octanol–water partition coefficient (Wildman–Crippen LogP) is 5.08. The van der Waals surface area contributed by atoms with Crippen molar-refractivity contribution in [3.05, 3.63) is 0 Å². The molecular formula is C18H34F3NO3S. The summed E-state index contributed by atoms with van der Waals surface area (Å²) >= 11 is 0. The third-order valence-corrected chi connectivity index (χ3v) is 4.99. The Balaban J connectivity index is 0.000000660. The molecule has 1 rings (SSSR count). The van der Waals surface area contributed by atoms with Crippen LogP contribution in [0.4, 0.5) is 13.2 Å². The van der Waals surface area contributed by atoms with Crippen molar-refractivity contribution in [2.24, 2.45) is 5.92 Å². The summed E-state index contributed by atoms with van der Waals surface area (Å²) in [6, 6.07) is 0. The molecule has 0 aliphatic carbocycles. The van der Waals surface area contributed by atoms with Crippen molar-refractivity contribution in [1.82, 2.24) is 0 Å². The van der Waals surface area contributed by atoms with Gasteiger partial charge in [-0.1, -0.05) is 65.2 Å². The largest absolute Gasteiger partial charge is 0.741 e. The van der Waals surface area contributed by atoms with E-state index in [2.05, 4.69) is 24.6 Å². The standard InChI is InChI=1S/C17H34N.CHF3O3S/c1-3-4-5-6-7-8-9-10-11-12-14-18-15-13-17(2)16-18;2-1(3,4)8(5,6)7/h16-17H,3-15H2,1-2H3;(H,5,6,7)/q+1;/p-1. The molecule has 0 N–H and O–H groups in total. The maximum atomic E-state index is 10.7. The summed E-state index contributed by atoms with van der Waals surface area (Å²) in [6.45, 7) is 7.23. The van der Waals surface area contributed by atoms with Crippen molar-refractivity contribution in [3.8, 4) is 0 Å². The zero-order chi connectivity index (χ0) is 20.1. The summed E-state index contributed by atoms with van der Waals surface area (Å²) in [7, 11) is -6.09. The van der Waals surface area contributed by atoms with Gasteiger partial charge in [0.05, 0.1) is 0 Å². The van der Waals surface area contributed by atoms with E-state index in [1.54, 1.807) is 0 Å². The van der Waals surface area contributed by atoms with Crippen molar-refractivity contribution in [2.75, 3.05) is 13.1 Å². The average molecular weight is 402 g/mol. The van der Waals surface area contributed by atoms with Crippen LogP contribution in [0.5, 0.6) is 0 Å². The Bertz CT molecular complexity index is 490. The maximum absolute atomic E-state index is 10.7. The van der Waals surface area contributed by atoms with Gasteiger partial charge in [-0.15, -0.1) is 0 Å².